The van der Waals surface area contributed by atoms with Crippen molar-refractivity contribution >= 4 is 11.7 Å². The Morgan fingerprint density at radius 3 is 2.70 bits per heavy atom. The summed E-state index contributed by atoms with van der Waals surface area (Å²) in [6.45, 7) is 1.84. The highest BCUT2D eigenvalue weighted by molar-refractivity contribution is 5.71. The van der Waals surface area contributed by atoms with Crippen LogP contribution in [-0.2, 0) is 11.3 Å². The molecule has 1 N–H and O–H groups in total. The molecule has 0 fully saturated rings. The number of hydrogen-bond donors (Lipinski definition) is 1. The van der Waals surface area contributed by atoms with Gasteiger partial charge in [0, 0.05) is 18.0 Å². The summed E-state index contributed by atoms with van der Waals surface area (Å²) in [7, 11) is 0. The average molecular weight is 408 g/mol. The topological polar surface area (TPSA) is 68.5 Å². The van der Waals surface area contributed by atoms with Gasteiger partial charge in [0.05, 0.1) is 23.6 Å². The smallest absolute Gasteiger partial charge is 0.407 e. The summed E-state index contributed by atoms with van der Waals surface area (Å²) < 4.78 is 34.4. The number of ether oxygens (including phenoxy) is 1. The van der Waals surface area contributed by atoms with Crippen molar-refractivity contribution in [1.82, 2.24) is 19.7 Å². The van der Waals surface area contributed by atoms with Crippen molar-refractivity contribution in [3.05, 3.63) is 90.0 Å². The lowest BCUT2D eigenvalue weighted by molar-refractivity contribution is 0.136. The number of amides is 1. The van der Waals surface area contributed by atoms with Gasteiger partial charge in [-0.1, -0.05) is 30.3 Å². The fraction of sp³-hybridized carbons (Fsp3) is 0.136. The first-order valence-electron chi connectivity index (χ1n) is 9.27. The maximum atomic E-state index is 13.9. The van der Waals surface area contributed by atoms with E-state index in [1.807, 2.05) is 30.3 Å². The van der Waals surface area contributed by atoms with Crippen LogP contribution >= 0.6 is 0 Å². The first-order valence-corrected chi connectivity index (χ1v) is 9.27. The van der Waals surface area contributed by atoms with Crippen molar-refractivity contribution in [3.63, 3.8) is 0 Å². The Hall–Kier alpha value is -3.81. The van der Waals surface area contributed by atoms with Crippen molar-refractivity contribution in [2.75, 3.05) is 0 Å². The molecule has 0 saturated carbocycles. The van der Waals surface area contributed by atoms with Crippen LogP contribution in [0.2, 0.25) is 0 Å². The van der Waals surface area contributed by atoms with Gasteiger partial charge in [-0.25, -0.2) is 18.6 Å². The van der Waals surface area contributed by atoms with Crippen LogP contribution in [0.3, 0.4) is 0 Å². The van der Waals surface area contributed by atoms with Gasteiger partial charge in [0.2, 0.25) is 0 Å². The summed E-state index contributed by atoms with van der Waals surface area (Å²) in [6.07, 6.45) is 3.17. The molecule has 3 aromatic heterocycles. The first-order chi connectivity index (χ1) is 14.5. The largest absolute Gasteiger partial charge is 0.445 e. The van der Waals surface area contributed by atoms with Gasteiger partial charge in [0.15, 0.2) is 0 Å². The van der Waals surface area contributed by atoms with E-state index in [1.54, 1.807) is 6.92 Å². The van der Waals surface area contributed by atoms with Crippen LogP contribution in [0.4, 0.5) is 13.6 Å². The van der Waals surface area contributed by atoms with Crippen LogP contribution < -0.4 is 5.32 Å². The second kappa shape index (κ2) is 8.28. The highest BCUT2D eigenvalue weighted by Gasteiger charge is 2.22. The Bertz CT molecular complexity index is 1190. The van der Waals surface area contributed by atoms with E-state index in [9.17, 15) is 13.6 Å². The molecule has 4 aromatic rings. The fourth-order valence-electron chi connectivity index (χ4n) is 3.18. The number of halogens is 2. The van der Waals surface area contributed by atoms with Crippen molar-refractivity contribution in [2.45, 2.75) is 19.6 Å². The van der Waals surface area contributed by atoms with Crippen LogP contribution in [0.25, 0.3) is 16.9 Å². The number of aromatic nitrogens is 3. The third-order valence-corrected chi connectivity index (χ3v) is 4.54. The molecular formula is C22H18F2N4O2. The van der Waals surface area contributed by atoms with Crippen LogP contribution in [0.5, 0.6) is 0 Å². The Morgan fingerprint density at radius 2 is 1.93 bits per heavy atom. The summed E-state index contributed by atoms with van der Waals surface area (Å²) >= 11 is 0. The number of carbonyl (C=O) groups is 1. The van der Waals surface area contributed by atoms with Crippen LogP contribution in [0.1, 0.15) is 24.2 Å². The average Bonchev–Trinajstić information content (AvgIpc) is 3.12. The second-order valence-corrected chi connectivity index (χ2v) is 6.74. The molecule has 3 heterocycles. The van der Waals surface area contributed by atoms with Crippen molar-refractivity contribution in [3.8, 4) is 11.3 Å². The van der Waals surface area contributed by atoms with Gasteiger partial charge < -0.3 is 10.1 Å². The number of alkyl carbamates (subject to hydrolysis) is 1. The van der Waals surface area contributed by atoms with E-state index in [2.05, 4.69) is 15.3 Å². The molecule has 0 spiro atoms. The van der Waals surface area contributed by atoms with Gasteiger partial charge >= 0.3 is 6.09 Å². The Labute approximate surface area is 171 Å². The monoisotopic (exact) mass is 408 g/mol. The van der Waals surface area contributed by atoms with Crippen molar-refractivity contribution in [2.24, 2.45) is 0 Å². The summed E-state index contributed by atoms with van der Waals surface area (Å²) in [5.41, 5.74) is 2.60. The predicted molar refractivity (Wildman–Crippen MR) is 107 cm³/mol. The molecule has 8 heteroatoms. The number of carbonyl (C=O) groups excluding carboxylic acids is 1. The molecule has 0 unspecified atom stereocenters. The number of benzene rings is 1. The molecule has 1 atom stereocenters. The number of imidazole rings is 1. The number of nitrogens with one attached hydrogen (secondary N) is 1. The van der Waals surface area contributed by atoms with E-state index < -0.39 is 23.8 Å². The van der Waals surface area contributed by atoms with E-state index in [0.29, 0.717) is 22.6 Å². The van der Waals surface area contributed by atoms with Gasteiger partial charge in [-0.05, 0) is 30.7 Å². The predicted octanol–water partition coefficient (Wildman–Crippen LogP) is 4.66. The Kier molecular flexibility index (Phi) is 5.38. The standard InChI is InChI=1S/C22H18F2N4O2/c1-14(26-22(29)30-13-15-5-3-2-4-6-15)20-21(16-9-18(24)11-25-10-16)28-12-17(23)7-8-19(28)27-20/h2-12,14H,13H2,1H3,(H,26,29)/t14-/m0/s1. The van der Waals surface area contributed by atoms with E-state index in [4.69, 9.17) is 4.74 Å². The molecule has 0 bridgehead atoms. The molecule has 0 aliphatic carbocycles. The van der Waals surface area contributed by atoms with Crippen LogP contribution in [0, 0.1) is 11.6 Å². The van der Waals surface area contributed by atoms with Crippen molar-refractivity contribution < 1.29 is 18.3 Å². The number of fused-ring (bicyclic) bond motifs is 1. The zero-order valence-electron chi connectivity index (χ0n) is 16.0. The second-order valence-electron chi connectivity index (χ2n) is 6.74. The molecule has 6 nitrogen and oxygen atoms in total. The van der Waals surface area contributed by atoms with Gasteiger partial charge in [0.1, 0.15) is 23.9 Å². The van der Waals surface area contributed by atoms with Crippen LogP contribution in [0.15, 0.2) is 67.1 Å². The molecule has 4 rings (SSSR count). The Morgan fingerprint density at radius 1 is 1.13 bits per heavy atom. The lowest BCUT2D eigenvalue weighted by Gasteiger charge is -2.14. The lowest BCUT2D eigenvalue weighted by Crippen LogP contribution is -2.27. The fourth-order valence-corrected chi connectivity index (χ4v) is 3.18. The molecule has 0 aliphatic heterocycles. The maximum absolute atomic E-state index is 13.9. The maximum Gasteiger partial charge on any atom is 0.407 e. The van der Waals surface area contributed by atoms with Gasteiger partial charge in [-0.15, -0.1) is 0 Å². The number of hydrogen-bond acceptors (Lipinski definition) is 4. The van der Waals surface area contributed by atoms with Gasteiger partial charge in [0.25, 0.3) is 0 Å². The summed E-state index contributed by atoms with van der Waals surface area (Å²) in [4.78, 5) is 20.6. The number of pyridine rings is 2. The minimum Gasteiger partial charge on any atom is -0.445 e. The molecule has 0 radical (unpaired) electrons. The summed E-state index contributed by atoms with van der Waals surface area (Å²) in [5.74, 6) is -1.01. The molecule has 30 heavy (non-hydrogen) atoms. The molecule has 1 aromatic carbocycles. The molecule has 0 saturated heterocycles. The summed E-state index contributed by atoms with van der Waals surface area (Å²) in [6, 6.07) is 12.8. The van der Waals surface area contributed by atoms with Crippen LogP contribution in [-0.4, -0.2) is 20.5 Å². The third-order valence-electron chi connectivity index (χ3n) is 4.54. The third kappa shape index (κ3) is 4.12. The van der Waals surface area contributed by atoms with E-state index in [0.717, 1.165) is 11.8 Å². The molecule has 152 valence electrons. The quantitative estimate of drug-likeness (QED) is 0.521. The van der Waals surface area contributed by atoms with Gasteiger partial charge in [-0.2, -0.15) is 0 Å². The number of nitrogens with zero attached hydrogens (tertiary/aromatic N) is 3. The normalized spacial score (nSPS) is 12.0. The molecular weight excluding hydrogens is 390 g/mol. The van der Waals surface area contributed by atoms with Gasteiger partial charge in [-0.3, -0.25) is 9.38 Å². The molecule has 0 aliphatic rings. The summed E-state index contributed by atoms with van der Waals surface area (Å²) in [5, 5.41) is 2.72. The minimum atomic E-state index is -0.627. The zero-order valence-corrected chi connectivity index (χ0v) is 16.0. The van der Waals surface area contributed by atoms with E-state index in [-0.39, 0.29) is 6.61 Å². The van der Waals surface area contributed by atoms with E-state index in [1.165, 1.54) is 35.0 Å². The number of rotatable bonds is 5. The van der Waals surface area contributed by atoms with Crippen molar-refractivity contribution in [1.29, 1.82) is 0 Å². The highest BCUT2D eigenvalue weighted by atomic mass is 19.1. The Balaban J connectivity index is 1.62. The lowest BCUT2D eigenvalue weighted by atomic mass is 10.1. The van der Waals surface area contributed by atoms with E-state index >= 15 is 0 Å². The SMILES string of the molecule is C[C@H](NC(=O)OCc1ccccc1)c1nc2ccc(F)cn2c1-c1cncc(F)c1. The molecule has 1 amide bonds. The minimum absolute atomic E-state index is 0.121. The highest BCUT2D eigenvalue weighted by Crippen LogP contribution is 2.29. The first kappa shape index (κ1) is 19.5. The zero-order chi connectivity index (χ0) is 21.1.